The van der Waals surface area contributed by atoms with E-state index in [-0.39, 0.29) is 18.0 Å². The summed E-state index contributed by atoms with van der Waals surface area (Å²) in [5.41, 5.74) is -0.509. The number of carbonyl (C=O) groups is 2. The largest absolute Gasteiger partial charge is 0.444 e. The highest BCUT2D eigenvalue weighted by Gasteiger charge is 2.30. The van der Waals surface area contributed by atoms with Crippen LogP contribution in [-0.2, 0) is 9.53 Å². The van der Waals surface area contributed by atoms with Gasteiger partial charge in [-0.2, -0.15) is 0 Å². The van der Waals surface area contributed by atoms with Crippen molar-refractivity contribution in [3.63, 3.8) is 0 Å². The topological polar surface area (TPSA) is 70.7 Å². The Morgan fingerprint density at radius 1 is 1.41 bits per heavy atom. The Labute approximate surface area is 102 Å². The first-order chi connectivity index (χ1) is 7.83. The molecule has 0 saturated carbocycles. The minimum absolute atomic E-state index is 0.113. The highest BCUT2D eigenvalue weighted by atomic mass is 16.6. The van der Waals surface area contributed by atoms with E-state index in [1.807, 2.05) is 20.8 Å². The molecule has 0 aromatic rings. The van der Waals surface area contributed by atoms with Gasteiger partial charge in [0.1, 0.15) is 11.6 Å². The lowest BCUT2D eigenvalue weighted by atomic mass is 10.2. The fraction of sp³-hybridized carbons (Fsp3) is 0.818. The molecule has 2 N–H and O–H groups in total. The summed E-state index contributed by atoms with van der Waals surface area (Å²) in [5.74, 6) is -0.113. The van der Waals surface area contributed by atoms with Crippen molar-refractivity contribution in [2.75, 3.05) is 26.7 Å². The van der Waals surface area contributed by atoms with Crippen LogP contribution in [0.2, 0.25) is 0 Å². The lowest BCUT2D eigenvalue weighted by Gasteiger charge is -2.34. The number of hydrogen-bond donors (Lipinski definition) is 2. The summed E-state index contributed by atoms with van der Waals surface area (Å²) < 4.78 is 5.27. The average Bonchev–Trinajstić information content (AvgIpc) is 2.26. The SMILES string of the molecule is CNC(=O)[C@H]1CN(C(=O)OC(C)(C)C)CCN1. The molecule has 0 spiro atoms. The number of rotatable bonds is 1. The van der Waals surface area contributed by atoms with E-state index in [9.17, 15) is 9.59 Å². The molecule has 1 aliphatic heterocycles. The molecule has 6 nitrogen and oxygen atoms in total. The van der Waals surface area contributed by atoms with E-state index in [0.29, 0.717) is 19.6 Å². The van der Waals surface area contributed by atoms with Gasteiger partial charge < -0.3 is 20.3 Å². The zero-order valence-electron chi connectivity index (χ0n) is 10.9. The third-order valence-corrected chi connectivity index (χ3v) is 2.39. The minimum Gasteiger partial charge on any atom is -0.444 e. The Kier molecular flexibility index (Phi) is 4.34. The van der Waals surface area contributed by atoms with Crippen LogP contribution in [0, 0.1) is 0 Å². The van der Waals surface area contributed by atoms with Gasteiger partial charge in [0.25, 0.3) is 0 Å². The first-order valence-electron chi connectivity index (χ1n) is 5.76. The van der Waals surface area contributed by atoms with Crippen molar-refractivity contribution in [1.82, 2.24) is 15.5 Å². The molecule has 0 aromatic carbocycles. The highest BCUT2D eigenvalue weighted by Crippen LogP contribution is 2.11. The molecule has 1 saturated heterocycles. The second-order valence-corrected chi connectivity index (χ2v) is 5.05. The number of carbonyl (C=O) groups excluding carboxylic acids is 2. The number of ether oxygens (including phenoxy) is 1. The minimum atomic E-state index is -0.509. The summed E-state index contributed by atoms with van der Waals surface area (Å²) in [7, 11) is 1.58. The van der Waals surface area contributed by atoms with Crippen molar-refractivity contribution in [1.29, 1.82) is 0 Å². The van der Waals surface area contributed by atoms with Crippen molar-refractivity contribution >= 4 is 12.0 Å². The number of likely N-dealkylation sites (N-methyl/N-ethyl adjacent to an activating group) is 1. The first-order valence-corrected chi connectivity index (χ1v) is 5.76. The fourth-order valence-electron chi connectivity index (χ4n) is 1.59. The van der Waals surface area contributed by atoms with Crippen molar-refractivity contribution < 1.29 is 14.3 Å². The number of hydrogen-bond acceptors (Lipinski definition) is 4. The van der Waals surface area contributed by atoms with Crippen LogP contribution in [0.4, 0.5) is 4.79 Å². The Balaban J connectivity index is 2.55. The maximum Gasteiger partial charge on any atom is 0.410 e. The lowest BCUT2D eigenvalue weighted by Crippen LogP contribution is -2.58. The average molecular weight is 243 g/mol. The van der Waals surface area contributed by atoms with E-state index in [1.165, 1.54) is 0 Å². The maximum absolute atomic E-state index is 11.8. The van der Waals surface area contributed by atoms with Gasteiger partial charge in [-0.05, 0) is 20.8 Å². The Bertz CT molecular complexity index is 299. The molecular formula is C11H21N3O3. The molecular weight excluding hydrogens is 222 g/mol. The van der Waals surface area contributed by atoms with Crippen molar-refractivity contribution in [2.24, 2.45) is 0 Å². The fourth-order valence-corrected chi connectivity index (χ4v) is 1.59. The van der Waals surface area contributed by atoms with Crippen LogP contribution < -0.4 is 10.6 Å². The third kappa shape index (κ3) is 4.22. The van der Waals surface area contributed by atoms with Gasteiger partial charge in [0.05, 0.1) is 0 Å². The summed E-state index contributed by atoms with van der Waals surface area (Å²) in [6.45, 7) is 6.96. The van der Waals surface area contributed by atoms with E-state index < -0.39 is 5.60 Å². The van der Waals surface area contributed by atoms with Crippen LogP contribution in [0.3, 0.4) is 0 Å². The van der Waals surface area contributed by atoms with E-state index in [1.54, 1.807) is 11.9 Å². The van der Waals surface area contributed by atoms with E-state index in [4.69, 9.17) is 4.74 Å². The first kappa shape index (κ1) is 13.8. The van der Waals surface area contributed by atoms with Gasteiger partial charge >= 0.3 is 6.09 Å². The van der Waals surface area contributed by atoms with E-state index in [0.717, 1.165) is 0 Å². The van der Waals surface area contributed by atoms with Crippen LogP contribution in [0.1, 0.15) is 20.8 Å². The summed E-state index contributed by atoms with van der Waals surface area (Å²) in [6, 6.07) is -0.360. The molecule has 17 heavy (non-hydrogen) atoms. The molecule has 0 aliphatic carbocycles. The zero-order chi connectivity index (χ0) is 13.1. The van der Waals surface area contributed by atoms with Gasteiger partial charge in [0, 0.05) is 26.7 Å². The molecule has 1 fully saturated rings. The van der Waals surface area contributed by atoms with E-state index in [2.05, 4.69) is 10.6 Å². The smallest absolute Gasteiger partial charge is 0.410 e. The van der Waals surface area contributed by atoms with Crippen molar-refractivity contribution in [3.05, 3.63) is 0 Å². The Morgan fingerprint density at radius 2 is 2.06 bits per heavy atom. The molecule has 1 rings (SSSR count). The molecule has 2 amide bonds. The molecule has 1 aliphatic rings. The summed E-state index contributed by atoms with van der Waals surface area (Å²) in [6.07, 6.45) is -0.368. The normalized spacial score (nSPS) is 20.9. The number of amides is 2. The van der Waals surface area contributed by atoms with Crippen molar-refractivity contribution in [2.45, 2.75) is 32.4 Å². The summed E-state index contributed by atoms with van der Waals surface area (Å²) in [5, 5.41) is 5.62. The summed E-state index contributed by atoms with van der Waals surface area (Å²) in [4.78, 5) is 24.8. The van der Waals surface area contributed by atoms with Crippen LogP contribution in [0.15, 0.2) is 0 Å². The molecule has 0 radical (unpaired) electrons. The molecule has 1 heterocycles. The number of nitrogens with one attached hydrogen (secondary N) is 2. The quantitative estimate of drug-likeness (QED) is 0.677. The second-order valence-electron chi connectivity index (χ2n) is 5.05. The van der Waals surface area contributed by atoms with Crippen LogP contribution in [0.25, 0.3) is 0 Å². The Hall–Kier alpha value is -1.30. The van der Waals surface area contributed by atoms with E-state index >= 15 is 0 Å². The van der Waals surface area contributed by atoms with Crippen LogP contribution >= 0.6 is 0 Å². The van der Waals surface area contributed by atoms with Gasteiger partial charge in [-0.25, -0.2) is 4.79 Å². The Morgan fingerprint density at radius 3 is 2.59 bits per heavy atom. The monoisotopic (exact) mass is 243 g/mol. The van der Waals surface area contributed by atoms with Crippen molar-refractivity contribution in [3.8, 4) is 0 Å². The second kappa shape index (κ2) is 5.35. The third-order valence-electron chi connectivity index (χ3n) is 2.39. The lowest BCUT2D eigenvalue weighted by molar-refractivity contribution is -0.123. The molecule has 1 atom stereocenters. The standard InChI is InChI=1S/C11H21N3O3/c1-11(2,3)17-10(16)14-6-5-13-8(7-14)9(15)12-4/h8,13H,5-7H2,1-4H3,(H,12,15)/t8-/m1/s1. The molecule has 6 heteroatoms. The number of nitrogens with zero attached hydrogens (tertiary/aromatic N) is 1. The highest BCUT2D eigenvalue weighted by molar-refractivity contribution is 5.82. The van der Waals surface area contributed by atoms with Gasteiger partial charge in [-0.15, -0.1) is 0 Å². The molecule has 0 unspecified atom stereocenters. The maximum atomic E-state index is 11.8. The van der Waals surface area contributed by atoms with Crippen LogP contribution in [-0.4, -0.2) is 55.2 Å². The molecule has 0 aromatic heterocycles. The van der Waals surface area contributed by atoms with Gasteiger partial charge in [-0.3, -0.25) is 4.79 Å². The summed E-state index contributed by atoms with van der Waals surface area (Å²) >= 11 is 0. The van der Waals surface area contributed by atoms with Gasteiger partial charge in [0.2, 0.25) is 5.91 Å². The van der Waals surface area contributed by atoms with Crippen LogP contribution in [0.5, 0.6) is 0 Å². The van der Waals surface area contributed by atoms with Gasteiger partial charge in [-0.1, -0.05) is 0 Å². The number of piperazine rings is 1. The van der Waals surface area contributed by atoms with Gasteiger partial charge in [0.15, 0.2) is 0 Å². The zero-order valence-corrected chi connectivity index (χ0v) is 10.9. The predicted octanol–water partition coefficient (Wildman–Crippen LogP) is -0.0587. The molecule has 98 valence electrons. The molecule has 0 bridgehead atoms. The predicted molar refractivity (Wildman–Crippen MR) is 63.7 cm³/mol.